The second-order valence-corrected chi connectivity index (χ2v) is 7.87. The molecular weight excluding hydrogens is 342 g/mol. The van der Waals surface area contributed by atoms with Gasteiger partial charge in [-0.3, -0.25) is 4.79 Å². The molecule has 4 atom stereocenters. The fourth-order valence-electron chi connectivity index (χ4n) is 3.86. The van der Waals surface area contributed by atoms with E-state index in [1.54, 1.807) is 10.9 Å². The number of ether oxygens (including phenoxy) is 1. The normalized spacial score (nSPS) is 23.9. The van der Waals surface area contributed by atoms with Crippen LogP contribution in [0.3, 0.4) is 0 Å². The second kappa shape index (κ2) is 8.67. The molecule has 1 fully saturated rings. The zero-order chi connectivity index (χ0) is 19.4. The zero-order valence-corrected chi connectivity index (χ0v) is 16.1. The summed E-state index contributed by atoms with van der Waals surface area (Å²) in [4.78, 5) is 13.1. The van der Waals surface area contributed by atoms with Crippen molar-refractivity contribution in [2.24, 2.45) is 17.8 Å². The summed E-state index contributed by atoms with van der Waals surface area (Å²) < 4.78 is 6.36. The van der Waals surface area contributed by atoms with Gasteiger partial charge in [0.2, 0.25) is 0 Å². The lowest BCUT2D eigenvalue weighted by Gasteiger charge is -2.30. The number of hydrogen-bond acceptors (Lipinski definition) is 4. The summed E-state index contributed by atoms with van der Waals surface area (Å²) in [5, 5.41) is 13.5. The Kier molecular flexibility index (Phi) is 6.29. The zero-order valence-electron chi connectivity index (χ0n) is 16.1. The van der Waals surface area contributed by atoms with Gasteiger partial charge in [0.1, 0.15) is 12.4 Å². The molecule has 4 N–H and O–H groups in total. The van der Waals surface area contributed by atoms with Crippen molar-refractivity contribution in [3.8, 4) is 5.69 Å². The topological polar surface area (TPSA) is 93.9 Å². The van der Waals surface area contributed by atoms with E-state index in [4.69, 9.17) is 10.5 Å². The van der Waals surface area contributed by atoms with Gasteiger partial charge in [-0.2, -0.15) is 5.10 Å². The highest BCUT2D eigenvalue weighted by molar-refractivity contribution is 6.01. The van der Waals surface area contributed by atoms with Crippen LogP contribution in [0.15, 0.2) is 36.5 Å². The summed E-state index contributed by atoms with van der Waals surface area (Å²) in [5.74, 6) is 0.985. The van der Waals surface area contributed by atoms with Crippen molar-refractivity contribution in [1.82, 2.24) is 9.78 Å². The lowest BCUT2D eigenvalue weighted by atomic mass is 9.77. The number of carbonyl (C=O) groups excluding carboxylic acids is 1. The van der Waals surface area contributed by atoms with Crippen molar-refractivity contribution in [3.05, 3.63) is 42.1 Å². The molecule has 0 bridgehead atoms. The van der Waals surface area contributed by atoms with E-state index >= 15 is 0 Å². The van der Waals surface area contributed by atoms with Gasteiger partial charge < -0.3 is 15.6 Å². The molecule has 6 heteroatoms. The number of para-hydroxylation sites is 1. The fourth-order valence-corrected chi connectivity index (χ4v) is 3.86. The molecule has 1 aromatic heterocycles. The SMILES string of the molecule is CC1CC([OH+]C[C@H](C)CO)CC(C(=O)c2cnn(-c3ccccc3)c2N)C1. The first kappa shape index (κ1) is 19.6. The van der Waals surface area contributed by atoms with Crippen LogP contribution in [-0.4, -0.2) is 44.7 Å². The van der Waals surface area contributed by atoms with E-state index in [9.17, 15) is 9.90 Å². The van der Waals surface area contributed by atoms with Crippen LogP contribution < -0.4 is 5.73 Å². The average Bonchev–Trinajstić information content (AvgIpc) is 3.07. The van der Waals surface area contributed by atoms with Gasteiger partial charge >= 0.3 is 0 Å². The van der Waals surface area contributed by atoms with Crippen LogP contribution in [0.1, 0.15) is 43.5 Å². The number of nitrogens with zero attached hydrogens (tertiary/aromatic N) is 2. The molecule has 6 nitrogen and oxygen atoms in total. The molecule has 1 aliphatic carbocycles. The van der Waals surface area contributed by atoms with Gasteiger partial charge in [-0.05, 0) is 24.5 Å². The number of aromatic nitrogens is 2. The first-order valence-corrected chi connectivity index (χ1v) is 9.70. The lowest BCUT2D eigenvalue weighted by Crippen LogP contribution is -2.35. The largest absolute Gasteiger partial charge is 0.431 e. The van der Waals surface area contributed by atoms with Crippen LogP contribution in [-0.2, 0) is 0 Å². The minimum absolute atomic E-state index is 0.0663. The molecule has 1 saturated carbocycles. The van der Waals surface area contributed by atoms with E-state index in [-0.39, 0.29) is 30.3 Å². The maximum absolute atomic E-state index is 13.1. The Morgan fingerprint density at radius 3 is 2.78 bits per heavy atom. The van der Waals surface area contributed by atoms with Crippen molar-refractivity contribution in [2.75, 3.05) is 18.9 Å². The number of nitrogens with two attached hydrogens (primary N) is 1. The van der Waals surface area contributed by atoms with Crippen LogP contribution in [0.4, 0.5) is 5.82 Å². The molecule has 27 heavy (non-hydrogen) atoms. The van der Waals surface area contributed by atoms with E-state index < -0.39 is 0 Å². The lowest BCUT2D eigenvalue weighted by molar-refractivity contribution is -0.146. The number of Topliss-reactive ketones (excluding diaryl/α,β-unsaturated/α-hetero) is 1. The molecule has 0 spiro atoms. The molecule has 3 rings (SSSR count). The highest BCUT2D eigenvalue weighted by Crippen LogP contribution is 2.33. The molecule has 0 saturated heterocycles. The molecule has 1 aliphatic rings. The minimum Gasteiger partial charge on any atom is -0.431 e. The second-order valence-electron chi connectivity index (χ2n) is 7.87. The molecule has 0 amide bonds. The van der Waals surface area contributed by atoms with E-state index in [1.165, 1.54) is 0 Å². The number of hydrogen-bond donors (Lipinski definition) is 2. The van der Waals surface area contributed by atoms with Crippen molar-refractivity contribution < 1.29 is 14.6 Å². The number of nitrogen functional groups attached to an aromatic ring is 1. The highest BCUT2D eigenvalue weighted by Gasteiger charge is 2.36. The van der Waals surface area contributed by atoms with Gasteiger partial charge in [-0.15, -0.1) is 0 Å². The fraction of sp³-hybridized carbons (Fsp3) is 0.524. The third-order valence-electron chi connectivity index (χ3n) is 5.35. The van der Waals surface area contributed by atoms with Crippen molar-refractivity contribution in [3.63, 3.8) is 0 Å². The molecule has 1 aromatic carbocycles. The van der Waals surface area contributed by atoms with Gasteiger partial charge in [-0.25, -0.2) is 4.68 Å². The Morgan fingerprint density at radius 2 is 2.07 bits per heavy atom. The Labute approximate surface area is 160 Å². The van der Waals surface area contributed by atoms with Gasteiger partial charge in [0, 0.05) is 24.7 Å². The van der Waals surface area contributed by atoms with E-state index in [0.29, 0.717) is 23.9 Å². The van der Waals surface area contributed by atoms with Crippen molar-refractivity contribution >= 4 is 11.6 Å². The summed E-state index contributed by atoms with van der Waals surface area (Å²) in [6.07, 6.45) is 4.36. The van der Waals surface area contributed by atoms with Gasteiger partial charge in [0.25, 0.3) is 0 Å². The summed E-state index contributed by atoms with van der Waals surface area (Å²) in [5.41, 5.74) is 7.60. The monoisotopic (exact) mass is 372 g/mol. The van der Waals surface area contributed by atoms with E-state index in [1.807, 2.05) is 37.3 Å². The van der Waals surface area contributed by atoms with Crippen LogP contribution in [0.25, 0.3) is 5.69 Å². The third-order valence-corrected chi connectivity index (χ3v) is 5.35. The maximum atomic E-state index is 13.1. The smallest absolute Gasteiger partial charge is 0.171 e. The molecule has 3 unspecified atom stereocenters. The molecule has 146 valence electrons. The molecule has 1 heterocycles. The first-order chi connectivity index (χ1) is 13.0. The summed E-state index contributed by atoms with van der Waals surface area (Å²) in [6, 6.07) is 9.59. The number of aliphatic hydroxyl groups excluding tert-OH is 1. The number of anilines is 1. The Morgan fingerprint density at radius 1 is 1.33 bits per heavy atom. The number of ketones is 1. The predicted molar refractivity (Wildman–Crippen MR) is 106 cm³/mol. The van der Waals surface area contributed by atoms with Crippen molar-refractivity contribution in [1.29, 1.82) is 0 Å². The Bertz CT molecular complexity index is 759. The molecular formula is C21H30N3O3+. The van der Waals surface area contributed by atoms with E-state index in [2.05, 4.69) is 12.0 Å². The average molecular weight is 372 g/mol. The highest BCUT2D eigenvalue weighted by atomic mass is 16.5. The van der Waals surface area contributed by atoms with Crippen molar-refractivity contribution in [2.45, 2.75) is 39.2 Å². The molecule has 0 radical (unpaired) electrons. The van der Waals surface area contributed by atoms with Crippen LogP contribution >= 0.6 is 0 Å². The number of rotatable bonds is 7. The van der Waals surface area contributed by atoms with Gasteiger partial charge in [0.05, 0.1) is 24.1 Å². The minimum atomic E-state index is -0.0809. The Hall–Kier alpha value is -2.18. The van der Waals surface area contributed by atoms with Gasteiger partial charge in [-0.1, -0.05) is 32.0 Å². The van der Waals surface area contributed by atoms with Crippen LogP contribution in [0.5, 0.6) is 0 Å². The van der Waals surface area contributed by atoms with E-state index in [0.717, 1.165) is 24.9 Å². The quantitative estimate of drug-likeness (QED) is 0.577. The third kappa shape index (κ3) is 4.57. The van der Waals surface area contributed by atoms with Crippen LogP contribution in [0.2, 0.25) is 0 Å². The number of aliphatic hydroxyl groups is 3. The first-order valence-electron chi connectivity index (χ1n) is 9.70. The number of carbonyl (C=O) groups is 1. The molecule has 0 aliphatic heterocycles. The Balaban J connectivity index is 1.72. The standard InChI is InChI=1S/C21H29N3O3/c1-14-8-16(10-18(9-14)27-13-15(2)12-25)20(26)19-11-23-24(21(19)22)17-6-4-3-5-7-17/h3-7,11,14-16,18,25H,8-10,12-13,22H2,1-2H3/p+1/t14?,15-,16?,18?/m1/s1. The van der Waals surface area contributed by atoms with Crippen LogP contribution in [0, 0.1) is 17.8 Å². The summed E-state index contributed by atoms with van der Waals surface area (Å²) >= 11 is 0. The van der Waals surface area contributed by atoms with Gasteiger partial charge in [0.15, 0.2) is 11.9 Å². The number of benzene rings is 1. The summed E-state index contributed by atoms with van der Waals surface area (Å²) in [7, 11) is 0. The maximum Gasteiger partial charge on any atom is 0.171 e. The predicted octanol–water partition coefficient (Wildman–Crippen LogP) is 2.60. The molecule has 2 aromatic rings. The summed E-state index contributed by atoms with van der Waals surface area (Å²) in [6.45, 7) is 4.94.